The number of H-pyrrole nitrogens is 1. The van der Waals surface area contributed by atoms with E-state index in [0.29, 0.717) is 26.6 Å². The number of rotatable bonds is 6. The number of hydrogen-bond donors (Lipinski definition) is 2. The minimum Gasteiger partial charge on any atom is -0.477 e. The lowest BCUT2D eigenvalue weighted by Crippen LogP contribution is -1.99. The van der Waals surface area contributed by atoms with Crippen LogP contribution < -0.4 is 0 Å². The Labute approximate surface area is 189 Å². The second-order valence-electron chi connectivity index (χ2n) is 6.54. The van der Waals surface area contributed by atoms with Gasteiger partial charge in [-0.15, -0.1) is 5.10 Å². The smallest absolute Gasteiger partial charge is 0.341 e. The maximum atomic E-state index is 12.1. The molecule has 0 aliphatic rings. The number of nitrogens with zero attached hydrogens (tertiary/aromatic N) is 7. The summed E-state index contributed by atoms with van der Waals surface area (Å²) in [5, 5.41) is 26.3. The van der Waals surface area contributed by atoms with Gasteiger partial charge < -0.3 is 5.11 Å². The van der Waals surface area contributed by atoms with Gasteiger partial charge in [0.25, 0.3) is 0 Å². The molecule has 5 rings (SSSR count). The summed E-state index contributed by atoms with van der Waals surface area (Å²) < 4.78 is 3.09. The summed E-state index contributed by atoms with van der Waals surface area (Å²) in [6.07, 6.45) is 0. The zero-order valence-electron chi connectivity index (χ0n) is 16.2. The Bertz CT molecular complexity index is 1470. The van der Waals surface area contributed by atoms with Crippen LogP contribution in [0.2, 0.25) is 5.02 Å². The van der Waals surface area contributed by atoms with Crippen LogP contribution in [0.5, 0.6) is 0 Å². The van der Waals surface area contributed by atoms with Gasteiger partial charge in [0.05, 0.1) is 5.69 Å². The number of carboxylic acid groups (broad SMARTS) is 1. The minimum atomic E-state index is -1.18. The van der Waals surface area contributed by atoms with E-state index in [1.807, 2.05) is 36.4 Å². The lowest BCUT2D eigenvalue weighted by atomic mass is 10.2. The van der Waals surface area contributed by atoms with Crippen molar-refractivity contribution in [3.05, 3.63) is 65.2 Å². The number of tetrazole rings is 1. The van der Waals surface area contributed by atoms with Crippen LogP contribution in [0.3, 0.4) is 0 Å². The summed E-state index contributed by atoms with van der Waals surface area (Å²) in [5.41, 5.74) is 1.74. The molecule has 0 bridgehead atoms. The monoisotopic (exact) mass is 464 g/mol. The first kappa shape index (κ1) is 20.0. The molecule has 0 spiro atoms. The number of nitrogens with one attached hydrogen (secondary N) is 1. The average molecular weight is 465 g/mol. The number of hydrogen-bond acceptors (Lipinski definition) is 7. The Morgan fingerprint density at radius 2 is 2.00 bits per heavy atom. The first-order valence-electron chi connectivity index (χ1n) is 9.19. The van der Waals surface area contributed by atoms with Crippen molar-refractivity contribution in [2.24, 2.45) is 4.99 Å². The number of aromatic amines is 1. The molecule has 0 radical (unpaired) electrons. The van der Waals surface area contributed by atoms with Crippen LogP contribution in [0.15, 0.2) is 69.8 Å². The van der Waals surface area contributed by atoms with Gasteiger partial charge in [-0.1, -0.05) is 41.9 Å². The van der Waals surface area contributed by atoms with Gasteiger partial charge in [0.1, 0.15) is 16.3 Å². The molecule has 2 N–H and O–H groups in total. The van der Waals surface area contributed by atoms with Crippen LogP contribution in [0.25, 0.3) is 22.7 Å². The molecule has 32 heavy (non-hydrogen) atoms. The van der Waals surface area contributed by atoms with Crippen molar-refractivity contribution in [2.45, 2.75) is 10.2 Å². The van der Waals surface area contributed by atoms with E-state index in [0.717, 1.165) is 17.4 Å². The molecule has 12 heteroatoms. The van der Waals surface area contributed by atoms with Gasteiger partial charge in [-0.3, -0.25) is 10.1 Å². The van der Waals surface area contributed by atoms with E-state index in [9.17, 15) is 9.90 Å². The number of para-hydroxylation sites is 1. The number of halogens is 1. The van der Waals surface area contributed by atoms with Crippen LogP contribution in [0.1, 0.15) is 10.4 Å². The SMILES string of the molecule is C=Nc1c(C(=O)O)c2nc(-c3cccc(Cl)c3)[nH]n2c1Sc1nnnn1-c1ccccc1. The number of aromatic carboxylic acids is 1. The third-order valence-corrected chi connectivity index (χ3v) is 5.85. The lowest BCUT2D eigenvalue weighted by molar-refractivity contribution is 0.0699. The molecule has 0 atom stereocenters. The molecule has 0 amide bonds. The Morgan fingerprint density at radius 3 is 2.72 bits per heavy atom. The molecule has 0 aliphatic heterocycles. The molecule has 0 saturated carbocycles. The first-order valence-corrected chi connectivity index (χ1v) is 10.4. The van der Waals surface area contributed by atoms with E-state index in [2.05, 4.69) is 37.3 Å². The van der Waals surface area contributed by atoms with E-state index >= 15 is 0 Å². The third kappa shape index (κ3) is 3.33. The number of aromatic nitrogens is 7. The molecule has 158 valence electrons. The summed E-state index contributed by atoms with van der Waals surface area (Å²) in [5.74, 6) is -0.728. The third-order valence-electron chi connectivity index (χ3n) is 4.61. The van der Waals surface area contributed by atoms with E-state index in [4.69, 9.17) is 11.6 Å². The van der Waals surface area contributed by atoms with Crippen molar-refractivity contribution >= 4 is 47.4 Å². The van der Waals surface area contributed by atoms with Gasteiger partial charge in [0.2, 0.25) is 5.16 Å². The maximum absolute atomic E-state index is 12.1. The highest BCUT2D eigenvalue weighted by Gasteiger charge is 2.28. The first-order chi connectivity index (χ1) is 15.6. The van der Waals surface area contributed by atoms with Gasteiger partial charge in [-0.2, -0.15) is 4.68 Å². The zero-order valence-corrected chi connectivity index (χ0v) is 17.7. The Morgan fingerprint density at radius 1 is 1.19 bits per heavy atom. The fourth-order valence-electron chi connectivity index (χ4n) is 3.24. The standard InChI is InChI=1S/C20H13ClN8O2S/c1-22-15-14(19(30)31)17-23-16(11-6-5-7-12(21)10-11)25-29(17)18(15)32-20-24-26-27-28(20)13-8-3-2-4-9-13/h2-10H,1H2,(H,23,25)(H,30,31). The molecule has 2 aromatic carbocycles. The van der Waals surface area contributed by atoms with Crippen molar-refractivity contribution in [3.8, 4) is 17.1 Å². The van der Waals surface area contributed by atoms with Gasteiger partial charge in [0, 0.05) is 10.6 Å². The highest BCUT2D eigenvalue weighted by molar-refractivity contribution is 7.99. The van der Waals surface area contributed by atoms with Crippen LogP contribution in [0.4, 0.5) is 5.69 Å². The number of fused-ring (bicyclic) bond motifs is 1. The lowest BCUT2D eigenvalue weighted by Gasteiger charge is -2.05. The van der Waals surface area contributed by atoms with Gasteiger partial charge >= 0.3 is 5.97 Å². The van der Waals surface area contributed by atoms with Crippen LogP contribution in [0, 0.1) is 0 Å². The number of carbonyl (C=O) groups is 1. The molecular formula is C20H13ClN8O2S. The Balaban J connectivity index is 1.68. The van der Waals surface area contributed by atoms with Crippen molar-refractivity contribution in [3.63, 3.8) is 0 Å². The topological polar surface area (TPSA) is 126 Å². The summed E-state index contributed by atoms with van der Waals surface area (Å²) in [4.78, 5) is 20.5. The van der Waals surface area contributed by atoms with E-state index < -0.39 is 5.97 Å². The zero-order chi connectivity index (χ0) is 22.2. The second-order valence-corrected chi connectivity index (χ2v) is 7.94. The molecular weight excluding hydrogens is 452 g/mol. The molecule has 5 aromatic rings. The summed E-state index contributed by atoms with van der Waals surface area (Å²) >= 11 is 7.25. The van der Waals surface area contributed by atoms with Crippen LogP contribution >= 0.6 is 23.4 Å². The largest absolute Gasteiger partial charge is 0.477 e. The molecule has 0 aliphatic carbocycles. The highest BCUT2D eigenvalue weighted by atomic mass is 35.5. The van der Waals surface area contributed by atoms with Gasteiger partial charge in [-0.05, 0) is 53.2 Å². The van der Waals surface area contributed by atoms with Crippen molar-refractivity contribution in [1.82, 2.24) is 34.8 Å². The van der Waals surface area contributed by atoms with E-state index in [1.165, 1.54) is 0 Å². The number of benzene rings is 2. The molecule has 0 unspecified atom stereocenters. The highest BCUT2D eigenvalue weighted by Crippen LogP contribution is 2.40. The van der Waals surface area contributed by atoms with Crippen molar-refractivity contribution < 1.29 is 9.90 Å². The molecule has 0 saturated heterocycles. The van der Waals surface area contributed by atoms with Crippen LogP contribution in [-0.4, -0.2) is 52.6 Å². The molecule has 10 nitrogen and oxygen atoms in total. The molecule has 3 aromatic heterocycles. The number of aliphatic imine (C=N–C) groups is 1. The number of carboxylic acids is 1. The predicted molar refractivity (Wildman–Crippen MR) is 119 cm³/mol. The summed E-state index contributed by atoms with van der Waals surface area (Å²) in [7, 11) is 0. The minimum absolute atomic E-state index is 0.0780. The Kier molecular flexibility index (Phi) is 4.96. The van der Waals surface area contributed by atoms with E-state index in [1.54, 1.807) is 27.4 Å². The maximum Gasteiger partial charge on any atom is 0.341 e. The van der Waals surface area contributed by atoms with Gasteiger partial charge in [0.15, 0.2) is 11.5 Å². The van der Waals surface area contributed by atoms with Crippen molar-refractivity contribution in [1.29, 1.82) is 0 Å². The average Bonchev–Trinajstić information content (AvgIpc) is 3.49. The molecule has 3 heterocycles. The fourth-order valence-corrected chi connectivity index (χ4v) is 4.39. The second kappa shape index (κ2) is 7.94. The normalized spacial score (nSPS) is 11.2. The van der Waals surface area contributed by atoms with Crippen LogP contribution in [-0.2, 0) is 0 Å². The van der Waals surface area contributed by atoms with Crippen molar-refractivity contribution in [2.75, 3.05) is 0 Å². The van der Waals surface area contributed by atoms with Gasteiger partial charge in [-0.25, -0.2) is 14.3 Å². The molecule has 0 fully saturated rings. The predicted octanol–water partition coefficient (Wildman–Crippen LogP) is 4.14. The summed E-state index contributed by atoms with van der Waals surface area (Å²) in [6.45, 7) is 3.55. The Hall–Kier alpha value is -3.96. The quantitative estimate of drug-likeness (QED) is 0.361. The summed E-state index contributed by atoms with van der Waals surface area (Å²) in [6, 6.07) is 16.4. The van der Waals surface area contributed by atoms with E-state index in [-0.39, 0.29) is 16.9 Å². The fraction of sp³-hybridized carbons (Fsp3) is 0.